The van der Waals surface area contributed by atoms with E-state index in [4.69, 9.17) is 0 Å². The van der Waals surface area contributed by atoms with Crippen LogP contribution in [0.15, 0.2) is 12.3 Å². The Hall–Kier alpha value is -1.25. The third-order valence-corrected chi connectivity index (χ3v) is 2.48. The summed E-state index contributed by atoms with van der Waals surface area (Å²) in [6.45, 7) is 8.03. The van der Waals surface area contributed by atoms with Crippen molar-refractivity contribution in [3.63, 3.8) is 0 Å². The van der Waals surface area contributed by atoms with Gasteiger partial charge in [0.05, 0.1) is 5.69 Å². The molecule has 15 heavy (non-hydrogen) atoms. The molecule has 0 atom stereocenters. The molecular formula is C12H21N2O+. The lowest BCUT2D eigenvalue weighted by atomic mass is 10.2. The molecule has 1 heterocycles. The highest BCUT2D eigenvalue weighted by molar-refractivity contribution is 5.55. The van der Waals surface area contributed by atoms with E-state index in [-0.39, 0.29) is 0 Å². The second kappa shape index (κ2) is 5.59. The second-order valence-corrected chi connectivity index (χ2v) is 3.78. The van der Waals surface area contributed by atoms with Crippen molar-refractivity contribution in [1.29, 1.82) is 0 Å². The molecule has 0 fully saturated rings. The maximum Gasteiger partial charge on any atom is 0.222 e. The summed E-state index contributed by atoms with van der Waals surface area (Å²) in [5, 5.41) is 13.2. The van der Waals surface area contributed by atoms with Gasteiger partial charge in [0.25, 0.3) is 0 Å². The predicted octanol–water partition coefficient (Wildman–Crippen LogP) is 2.22. The molecule has 0 bridgehead atoms. The molecule has 3 heteroatoms. The van der Waals surface area contributed by atoms with Gasteiger partial charge in [0.2, 0.25) is 11.4 Å². The Morgan fingerprint density at radius 2 is 2.07 bits per heavy atom. The fourth-order valence-corrected chi connectivity index (χ4v) is 1.57. The zero-order valence-corrected chi connectivity index (χ0v) is 9.88. The van der Waals surface area contributed by atoms with E-state index >= 15 is 0 Å². The molecule has 0 radical (unpaired) electrons. The van der Waals surface area contributed by atoms with Crippen LogP contribution >= 0.6 is 0 Å². The molecular weight excluding hydrogens is 188 g/mol. The predicted molar refractivity (Wildman–Crippen MR) is 62.1 cm³/mol. The quantitative estimate of drug-likeness (QED) is 0.729. The number of aryl methyl sites for hydroxylation is 1. The number of hydrogen-bond acceptors (Lipinski definition) is 2. The molecule has 0 aliphatic carbocycles. The molecule has 1 aromatic heterocycles. The van der Waals surface area contributed by atoms with Crippen LogP contribution in [0, 0.1) is 6.92 Å². The normalized spacial score (nSPS) is 10.3. The fraction of sp³-hybridized carbons (Fsp3) is 0.583. The first kappa shape index (κ1) is 11.8. The largest absolute Gasteiger partial charge is 0.501 e. The molecule has 0 aliphatic rings. The second-order valence-electron chi connectivity index (χ2n) is 3.78. The molecule has 0 spiro atoms. The van der Waals surface area contributed by atoms with Crippen molar-refractivity contribution in [2.75, 3.05) is 11.9 Å². The molecule has 0 saturated carbocycles. The summed E-state index contributed by atoms with van der Waals surface area (Å²) in [7, 11) is 0. The zero-order chi connectivity index (χ0) is 11.3. The van der Waals surface area contributed by atoms with Crippen molar-refractivity contribution >= 4 is 5.69 Å². The van der Waals surface area contributed by atoms with Gasteiger partial charge in [-0.2, -0.15) is 4.57 Å². The number of anilines is 1. The van der Waals surface area contributed by atoms with Crippen LogP contribution < -0.4 is 9.88 Å². The SMILES string of the molecule is CCCNc1cc[n+](CCC)c(C)c1O. The minimum absolute atomic E-state index is 0.374. The summed E-state index contributed by atoms with van der Waals surface area (Å²) in [5.74, 6) is 0.374. The summed E-state index contributed by atoms with van der Waals surface area (Å²) in [6, 6.07) is 1.94. The van der Waals surface area contributed by atoms with Gasteiger partial charge in [-0.15, -0.1) is 0 Å². The van der Waals surface area contributed by atoms with Crippen LogP contribution in [-0.2, 0) is 6.54 Å². The highest BCUT2D eigenvalue weighted by Gasteiger charge is 2.14. The summed E-state index contributed by atoms with van der Waals surface area (Å²) in [6.07, 6.45) is 4.16. The monoisotopic (exact) mass is 209 g/mol. The van der Waals surface area contributed by atoms with Crippen molar-refractivity contribution in [3.05, 3.63) is 18.0 Å². The number of pyridine rings is 1. The average molecular weight is 209 g/mol. The van der Waals surface area contributed by atoms with Gasteiger partial charge in [0.15, 0.2) is 6.20 Å². The molecule has 3 nitrogen and oxygen atoms in total. The van der Waals surface area contributed by atoms with E-state index in [1.54, 1.807) is 0 Å². The molecule has 0 aliphatic heterocycles. The van der Waals surface area contributed by atoms with Crippen LogP contribution in [0.1, 0.15) is 32.4 Å². The number of nitrogens with zero attached hydrogens (tertiary/aromatic N) is 1. The average Bonchev–Trinajstić information content (AvgIpc) is 2.24. The molecule has 1 rings (SSSR count). The van der Waals surface area contributed by atoms with E-state index in [1.165, 1.54) is 0 Å². The van der Waals surface area contributed by atoms with Gasteiger partial charge in [-0.05, 0) is 6.42 Å². The van der Waals surface area contributed by atoms with Crippen molar-refractivity contribution in [2.45, 2.75) is 40.2 Å². The van der Waals surface area contributed by atoms with Crippen LogP contribution in [0.3, 0.4) is 0 Å². The van der Waals surface area contributed by atoms with Crippen LogP contribution in [0.25, 0.3) is 0 Å². The third-order valence-electron chi connectivity index (χ3n) is 2.48. The Bertz CT molecular complexity index is 324. The molecule has 0 amide bonds. The van der Waals surface area contributed by atoms with E-state index in [0.29, 0.717) is 5.75 Å². The van der Waals surface area contributed by atoms with Gasteiger partial charge in [0, 0.05) is 26.0 Å². The van der Waals surface area contributed by atoms with Gasteiger partial charge >= 0.3 is 0 Å². The maximum absolute atomic E-state index is 9.95. The summed E-state index contributed by atoms with van der Waals surface area (Å²) in [4.78, 5) is 0. The lowest BCUT2D eigenvalue weighted by Gasteiger charge is -2.08. The Morgan fingerprint density at radius 1 is 1.33 bits per heavy atom. The topological polar surface area (TPSA) is 36.1 Å². The first-order valence-corrected chi connectivity index (χ1v) is 5.66. The Kier molecular flexibility index (Phi) is 4.40. The molecule has 0 unspecified atom stereocenters. The zero-order valence-electron chi connectivity index (χ0n) is 9.88. The number of rotatable bonds is 5. The highest BCUT2D eigenvalue weighted by Crippen LogP contribution is 2.23. The summed E-state index contributed by atoms with van der Waals surface area (Å²) < 4.78 is 2.08. The van der Waals surface area contributed by atoms with E-state index in [0.717, 1.165) is 37.3 Å². The van der Waals surface area contributed by atoms with Crippen molar-refractivity contribution in [3.8, 4) is 5.75 Å². The number of aromatic hydroxyl groups is 1. The molecule has 2 N–H and O–H groups in total. The van der Waals surface area contributed by atoms with Gasteiger partial charge in [-0.25, -0.2) is 0 Å². The van der Waals surface area contributed by atoms with Crippen molar-refractivity contribution < 1.29 is 9.67 Å². The molecule has 1 aromatic rings. The third kappa shape index (κ3) is 2.85. The number of hydrogen-bond donors (Lipinski definition) is 2. The van der Waals surface area contributed by atoms with Crippen LogP contribution in [0.2, 0.25) is 0 Å². The van der Waals surface area contributed by atoms with Crippen molar-refractivity contribution in [2.24, 2.45) is 0 Å². The molecule has 0 aromatic carbocycles. The van der Waals surface area contributed by atoms with Gasteiger partial charge < -0.3 is 10.4 Å². The number of aromatic nitrogens is 1. The van der Waals surface area contributed by atoms with E-state index in [9.17, 15) is 5.11 Å². The van der Waals surface area contributed by atoms with Crippen LogP contribution in [-0.4, -0.2) is 11.7 Å². The van der Waals surface area contributed by atoms with Crippen LogP contribution in [0.5, 0.6) is 5.75 Å². The van der Waals surface area contributed by atoms with Gasteiger partial charge in [-0.1, -0.05) is 13.8 Å². The lowest BCUT2D eigenvalue weighted by Crippen LogP contribution is -2.36. The highest BCUT2D eigenvalue weighted by atomic mass is 16.3. The fourth-order valence-electron chi connectivity index (χ4n) is 1.57. The minimum Gasteiger partial charge on any atom is -0.501 e. The molecule has 84 valence electrons. The van der Waals surface area contributed by atoms with Gasteiger partial charge in [0.1, 0.15) is 6.54 Å². The summed E-state index contributed by atoms with van der Waals surface area (Å²) >= 11 is 0. The van der Waals surface area contributed by atoms with E-state index in [1.807, 2.05) is 19.2 Å². The standard InChI is InChI=1S/C12H20N2O/c1-4-7-13-11-6-9-14(8-5-2)10(3)12(11)15/h6,9,15H,4-5,7-8H2,1-3H3/p+1. The first-order valence-electron chi connectivity index (χ1n) is 5.66. The van der Waals surface area contributed by atoms with Crippen molar-refractivity contribution in [1.82, 2.24) is 0 Å². The maximum atomic E-state index is 9.95. The minimum atomic E-state index is 0.374. The Balaban J connectivity index is 2.88. The Morgan fingerprint density at radius 3 is 2.67 bits per heavy atom. The lowest BCUT2D eigenvalue weighted by molar-refractivity contribution is -0.703. The number of nitrogens with one attached hydrogen (secondary N) is 1. The van der Waals surface area contributed by atoms with E-state index in [2.05, 4.69) is 23.7 Å². The first-order chi connectivity index (χ1) is 7.20. The summed E-state index contributed by atoms with van der Waals surface area (Å²) in [5.41, 5.74) is 1.76. The van der Waals surface area contributed by atoms with Gasteiger partial charge in [-0.3, -0.25) is 0 Å². The van der Waals surface area contributed by atoms with Crippen LogP contribution in [0.4, 0.5) is 5.69 Å². The van der Waals surface area contributed by atoms with E-state index < -0.39 is 0 Å². The smallest absolute Gasteiger partial charge is 0.222 e. The molecule has 0 saturated heterocycles. The Labute approximate surface area is 91.8 Å².